The number of carboxylic acid groups (broad SMARTS) is 1. The van der Waals surface area contributed by atoms with Gasteiger partial charge in [-0.25, -0.2) is 9.18 Å². The van der Waals surface area contributed by atoms with Gasteiger partial charge in [-0.05, 0) is 66.8 Å². The van der Waals surface area contributed by atoms with Crippen LogP contribution >= 0.6 is 0 Å². The number of halogens is 1. The highest BCUT2D eigenvalue weighted by Gasteiger charge is 2.27. The monoisotopic (exact) mass is 407 g/mol. The van der Waals surface area contributed by atoms with Crippen molar-refractivity contribution in [3.63, 3.8) is 0 Å². The Balaban J connectivity index is 1.39. The molecule has 1 fully saturated rings. The Morgan fingerprint density at radius 3 is 2.57 bits per heavy atom. The van der Waals surface area contributed by atoms with Gasteiger partial charge >= 0.3 is 5.97 Å². The molecule has 0 spiro atoms. The Morgan fingerprint density at radius 1 is 1.10 bits per heavy atom. The highest BCUT2D eigenvalue weighted by Crippen LogP contribution is 2.36. The molecule has 0 heterocycles. The summed E-state index contributed by atoms with van der Waals surface area (Å²) in [5.41, 5.74) is 2.37. The molecule has 4 nitrogen and oxygen atoms in total. The van der Waals surface area contributed by atoms with E-state index in [1.54, 1.807) is 6.07 Å². The van der Waals surface area contributed by atoms with Crippen molar-refractivity contribution in [2.75, 3.05) is 6.61 Å². The van der Waals surface area contributed by atoms with Gasteiger partial charge in [0.15, 0.2) is 6.61 Å². The van der Waals surface area contributed by atoms with Crippen LogP contribution in [0.15, 0.2) is 60.7 Å². The van der Waals surface area contributed by atoms with Crippen molar-refractivity contribution >= 4 is 16.7 Å². The lowest BCUT2D eigenvalue weighted by Gasteiger charge is -2.22. The van der Waals surface area contributed by atoms with Gasteiger partial charge in [-0.3, -0.25) is 0 Å². The minimum Gasteiger partial charge on any atom is -0.482 e. The Hall–Kier alpha value is -2.92. The molecule has 1 aliphatic carbocycles. The van der Waals surface area contributed by atoms with E-state index < -0.39 is 5.97 Å². The van der Waals surface area contributed by atoms with Crippen LogP contribution in [0, 0.1) is 5.82 Å². The second kappa shape index (κ2) is 8.84. The third kappa shape index (κ3) is 4.46. The van der Waals surface area contributed by atoms with Crippen LogP contribution in [-0.2, 0) is 4.79 Å². The van der Waals surface area contributed by atoms with Crippen LogP contribution in [0.3, 0.4) is 0 Å². The molecule has 2 N–H and O–H groups in total. The van der Waals surface area contributed by atoms with Crippen molar-refractivity contribution < 1.29 is 19.0 Å². The molecule has 0 aromatic heterocycles. The summed E-state index contributed by atoms with van der Waals surface area (Å²) >= 11 is 0. The Kier molecular flexibility index (Phi) is 6.00. The highest BCUT2D eigenvalue weighted by molar-refractivity contribution is 5.86. The number of rotatable bonds is 7. The fourth-order valence-corrected chi connectivity index (χ4v) is 4.52. The van der Waals surface area contributed by atoms with Gasteiger partial charge < -0.3 is 15.2 Å². The Bertz CT molecular complexity index is 1030. The average molecular weight is 407 g/mol. The van der Waals surface area contributed by atoms with Gasteiger partial charge in [-0.1, -0.05) is 42.5 Å². The molecule has 3 aromatic rings. The van der Waals surface area contributed by atoms with Crippen molar-refractivity contribution in [1.29, 1.82) is 0 Å². The van der Waals surface area contributed by atoms with Gasteiger partial charge in [-0.15, -0.1) is 0 Å². The van der Waals surface area contributed by atoms with E-state index in [1.807, 2.05) is 54.6 Å². The first-order chi connectivity index (χ1) is 14.5. The lowest BCUT2D eigenvalue weighted by molar-refractivity contribution is -0.139. The first kappa shape index (κ1) is 20.4. The normalized spacial score (nSPS) is 19.7. The lowest BCUT2D eigenvalue weighted by Crippen LogP contribution is -2.29. The molecule has 1 aliphatic rings. The minimum absolute atomic E-state index is 0.131. The van der Waals surface area contributed by atoms with E-state index in [2.05, 4.69) is 12.2 Å². The number of nitrogens with one attached hydrogen (secondary N) is 1. The van der Waals surface area contributed by atoms with Crippen molar-refractivity contribution in [2.45, 2.75) is 44.2 Å². The second-order valence-corrected chi connectivity index (χ2v) is 8.03. The molecule has 0 aliphatic heterocycles. The fraction of sp³-hybridized carbons (Fsp3) is 0.320. The van der Waals surface area contributed by atoms with Gasteiger partial charge in [-0.2, -0.15) is 0 Å². The molecule has 4 rings (SSSR count). The summed E-state index contributed by atoms with van der Waals surface area (Å²) in [6.07, 6.45) is 3.23. The first-order valence-electron chi connectivity index (χ1n) is 10.4. The first-order valence-corrected chi connectivity index (χ1v) is 10.4. The van der Waals surface area contributed by atoms with Crippen LogP contribution in [0.5, 0.6) is 5.75 Å². The maximum atomic E-state index is 14.1. The Labute approximate surface area is 175 Å². The van der Waals surface area contributed by atoms with Crippen LogP contribution in [0.25, 0.3) is 10.8 Å². The third-order valence-electron chi connectivity index (χ3n) is 6.00. The molecule has 156 valence electrons. The summed E-state index contributed by atoms with van der Waals surface area (Å²) in [4.78, 5) is 10.6. The highest BCUT2D eigenvalue weighted by atomic mass is 19.1. The van der Waals surface area contributed by atoms with E-state index in [9.17, 15) is 9.18 Å². The van der Waals surface area contributed by atoms with Gasteiger partial charge in [0.1, 0.15) is 11.6 Å². The maximum Gasteiger partial charge on any atom is 0.341 e. The smallest absolute Gasteiger partial charge is 0.341 e. The Morgan fingerprint density at radius 2 is 1.83 bits per heavy atom. The molecule has 0 amide bonds. The summed E-state index contributed by atoms with van der Waals surface area (Å²) < 4.78 is 19.3. The number of hydrogen-bond donors (Lipinski definition) is 2. The molecule has 0 saturated heterocycles. The summed E-state index contributed by atoms with van der Waals surface area (Å²) in [6.45, 7) is 1.81. The lowest BCUT2D eigenvalue weighted by atomic mass is 9.96. The molecule has 3 atom stereocenters. The summed E-state index contributed by atoms with van der Waals surface area (Å²) in [6, 6.07) is 19.3. The molecule has 3 aromatic carbocycles. The molecule has 30 heavy (non-hydrogen) atoms. The van der Waals surface area contributed by atoms with Crippen LogP contribution in [0.4, 0.5) is 4.39 Å². The maximum absolute atomic E-state index is 14.1. The largest absolute Gasteiger partial charge is 0.482 e. The predicted octanol–water partition coefficient (Wildman–Crippen LogP) is 5.43. The van der Waals surface area contributed by atoms with Crippen molar-refractivity contribution in [2.24, 2.45) is 0 Å². The van der Waals surface area contributed by atoms with Crippen molar-refractivity contribution in [1.82, 2.24) is 5.32 Å². The zero-order valence-electron chi connectivity index (χ0n) is 17.0. The SMILES string of the molecule is CC(N[C@H]1CCC(c2ccc(OCC(=O)O)cc2)C1)c1ccc(F)c2ccccc12. The molecule has 0 radical (unpaired) electrons. The van der Waals surface area contributed by atoms with E-state index >= 15 is 0 Å². The number of hydrogen-bond acceptors (Lipinski definition) is 3. The number of carbonyl (C=O) groups is 1. The van der Waals surface area contributed by atoms with Crippen LogP contribution in [0.1, 0.15) is 49.3 Å². The minimum atomic E-state index is -0.980. The van der Waals surface area contributed by atoms with Crippen LogP contribution in [0.2, 0.25) is 0 Å². The molecular weight excluding hydrogens is 381 g/mol. The van der Waals surface area contributed by atoms with Gasteiger partial charge in [0.25, 0.3) is 0 Å². The standard InChI is InChI=1S/C25H26FNO3/c1-16(21-12-13-24(26)23-5-3-2-4-22(21)23)27-19-9-6-18(14-19)17-7-10-20(11-8-17)30-15-25(28)29/h2-5,7-8,10-13,16,18-19,27H,6,9,14-15H2,1H3,(H,28,29)/t16?,18?,19-/m0/s1. The fourth-order valence-electron chi connectivity index (χ4n) is 4.52. The topological polar surface area (TPSA) is 58.6 Å². The van der Waals surface area contributed by atoms with Crippen molar-refractivity contribution in [3.8, 4) is 5.75 Å². The predicted molar refractivity (Wildman–Crippen MR) is 115 cm³/mol. The molecule has 1 saturated carbocycles. The van der Waals surface area contributed by atoms with Gasteiger partial charge in [0, 0.05) is 17.5 Å². The summed E-state index contributed by atoms with van der Waals surface area (Å²) in [7, 11) is 0. The number of carboxylic acids is 1. The quantitative estimate of drug-likeness (QED) is 0.548. The summed E-state index contributed by atoms with van der Waals surface area (Å²) in [5, 5.41) is 14.1. The van der Waals surface area contributed by atoms with E-state index in [-0.39, 0.29) is 18.5 Å². The van der Waals surface area contributed by atoms with Gasteiger partial charge in [0.05, 0.1) is 0 Å². The summed E-state index contributed by atoms with van der Waals surface area (Å²) in [5.74, 6) is -0.121. The zero-order chi connectivity index (χ0) is 21.1. The van der Waals surface area contributed by atoms with Crippen LogP contribution < -0.4 is 10.1 Å². The number of aliphatic carboxylic acids is 1. The zero-order valence-corrected chi connectivity index (χ0v) is 17.0. The van der Waals surface area contributed by atoms with E-state index in [0.29, 0.717) is 23.1 Å². The van der Waals surface area contributed by atoms with E-state index in [4.69, 9.17) is 9.84 Å². The number of benzene rings is 3. The van der Waals surface area contributed by atoms with E-state index in [0.717, 1.165) is 30.2 Å². The van der Waals surface area contributed by atoms with E-state index in [1.165, 1.54) is 5.56 Å². The molecule has 5 heteroatoms. The molecule has 0 bridgehead atoms. The van der Waals surface area contributed by atoms with Gasteiger partial charge in [0.2, 0.25) is 0 Å². The van der Waals surface area contributed by atoms with Crippen LogP contribution in [-0.4, -0.2) is 23.7 Å². The molecule has 2 unspecified atom stereocenters. The third-order valence-corrected chi connectivity index (χ3v) is 6.00. The second-order valence-electron chi connectivity index (χ2n) is 8.03. The van der Waals surface area contributed by atoms with Crippen molar-refractivity contribution in [3.05, 3.63) is 77.6 Å². The number of ether oxygens (including phenoxy) is 1. The average Bonchev–Trinajstić information content (AvgIpc) is 3.21. The number of fused-ring (bicyclic) bond motifs is 1. The molecular formula is C25H26FNO3.